The molecular formula is C9H15N3S2. The van der Waals surface area contributed by atoms with Crippen LogP contribution in [0.15, 0.2) is 4.34 Å². The van der Waals surface area contributed by atoms with Crippen LogP contribution < -0.4 is 5.32 Å². The zero-order valence-electron chi connectivity index (χ0n) is 8.49. The molecule has 14 heavy (non-hydrogen) atoms. The first-order valence-corrected chi connectivity index (χ1v) is 6.70. The van der Waals surface area contributed by atoms with E-state index in [-0.39, 0.29) is 0 Å². The van der Waals surface area contributed by atoms with Crippen molar-refractivity contribution in [3.05, 3.63) is 0 Å². The summed E-state index contributed by atoms with van der Waals surface area (Å²) in [6.07, 6.45) is 4.07. The average molecular weight is 229 g/mol. The lowest BCUT2D eigenvalue weighted by atomic mass is 10.0. The summed E-state index contributed by atoms with van der Waals surface area (Å²) in [6, 6.07) is 0.435. The maximum atomic E-state index is 4.16. The molecule has 1 fully saturated rings. The van der Waals surface area contributed by atoms with Crippen molar-refractivity contribution in [2.45, 2.75) is 48.7 Å². The summed E-state index contributed by atoms with van der Waals surface area (Å²) in [5, 5.41) is 13.3. The Labute approximate surface area is 92.7 Å². The van der Waals surface area contributed by atoms with Crippen molar-refractivity contribution in [3.63, 3.8) is 0 Å². The van der Waals surface area contributed by atoms with Gasteiger partial charge in [-0.3, -0.25) is 0 Å². The topological polar surface area (TPSA) is 37.8 Å². The Morgan fingerprint density at radius 3 is 2.79 bits per heavy atom. The molecule has 2 rings (SSSR count). The SMILES string of the molecule is CC(C)Nc1nnc(SC2CCC2)s1. The van der Waals surface area contributed by atoms with Crippen LogP contribution in [-0.4, -0.2) is 21.5 Å². The molecule has 0 bridgehead atoms. The van der Waals surface area contributed by atoms with E-state index in [2.05, 4.69) is 29.4 Å². The lowest BCUT2D eigenvalue weighted by molar-refractivity contribution is 0.522. The summed E-state index contributed by atoms with van der Waals surface area (Å²) < 4.78 is 1.11. The van der Waals surface area contributed by atoms with Crippen LogP contribution in [0.3, 0.4) is 0 Å². The molecule has 1 aromatic heterocycles. The number of anilines is 1. The van der Waals surface area contributed by atoms with Crippen LogP contribution in [0.2, 0.25) is 0 Å². The second kappa shape index (κ2) is 4.49. The third-order valence-electron chi connectivity index (χ3n) is 2.14. The summed E-state index contributed by atoms with van der Waals surface area (Å²) in [5.41, 5.74) is 0. The highest BCUT2D eigenvalue weighted by Gasteiger charge is 2.20. The number of rotatable bonds is 4. The van der Waals surface area contributed by atoms with Crippen LogP contribution in [0, 0.1) is 0 Å². The van der Waals surface area contributed by atoms with Crippen molar-refractivity contribution in [2.24, 2.45) is 0 Å². The van der Waals surface area contributed by atoms with Gasteiger partial charge in [0.25, 0.3) is 0 Å². The van der Waals surface area contributed by atoms with Gasteiger partial charge in [0, 0.05) is 11.3 Å². The Kier molecular flexibility index (Phi) is 3.28. The van der Waals surface area contributed by atoms with Crippen molar-refractivity contribution < 1.29 is 0 Å². The van der Waals surface area contributed by atoms with Crippen LogP contribution in [0.5, 0.6) is 0 Å². The lowest BCUT2D eigenvalue weighted by Gasteiger charge is -2.22. The first-order valence-electron chi connectivity index (χ1n) is 5.01. The molecule has 1 saturated carbocycles. The summed E-state index contributed by atoms with van der Waals surface area (Å²) in [4.78, 5) is 0. The highest BCUT2D eigenvalue weighted by molar-refractivity contribution is 8.01. The molecule has 1 aliphatic carbocycles. The number of thioether (sulfide) groups is 1. The second-order valence-corrected chi connectivity index (χ2v) is 6.37. The van der Waals surface area contributed by atoms with Gasteiger partial charge in [0.2, 0.25) is 5.13 Å². The first-order chi connectivity index (χ1) is 6.74. The fourth-order valence-electron chi connectivity index (χ4n) is 1.19. The van der Waals surface area contributed by atoms with E-state index < -0.39 is 0 Å². The van der Waals surface area contributed by atoms with Crippen LogP contribution in [0.1, 0.15) is 33.1 Å². The van der Waals surface area contributed by atoms with Crippen LogP contribution in [0.25, 0.3) is 0 Å². The molecule has 0 radical (unpaired) electrons. The number of hydrogen-bond donors (Lipinski definition) is 1. The van der Waals surface area contributed by atoms with Crippen molar-refractivity contribution in [1.82, 2.24) is 10.2 Å². The molecular weight excluding hydrogens is 214 g/mol. The van der Waals surface area contributed by atoms with Gasteiger partial charge in [-0.1, -0.05) is 29.5 Å². The van der Waals surface area contributed by atoms with Crippen molar-refractivity contribution in [2.75, 3.05) is 5.32 Å². The van der Waals surface area contributed by atoms with E-state index in [1.807, 2.05) is 11.8 Å². The zero-order valence-corrected chi connectivity index (χ0v) is 10.1. The molecule has 1 aliphatic rings. The number of hydrogen-bond acceptors (Lipinski definition) is 5. The van der Waals surface area contributed by atoms with E-state index in [0.29, 0.717) is 6.04 Å². The standard InChI is InChI=1S/C9H15N3S2/c1-6(2)10-8-11-12-9(14-8)13-7-4-3-5-7/h6-7H,3-5H2,1-2H3,(H,10,11). The molecule has 1 heterocycles. The van der Waals surface area contributed by atoms with E-state index in [1.54, 1.807) is 11.3 Å². The van der Waals surface area contributed by atoms with E-state index in [4.69, 9.17) is 0 Å². The van der Waals surface area contributed by atoms with E-state index >= 15 is 0 Å². The summed E-state index contributed by atoms with van der Waals surface area (Å²) in [6.45, 7) is 4.22. The minimum absolute atomic E-state index is 0.435. The van der Waals surface area contributed by atoms with Gasteiger partial charge in [0.1, 0.15) is 0 Å². The molecule has 0 aliphatic heterocycles. The largest absolute Gasteiger partial charge is 0.358 e. The highest BCUT2D eigenvalue weighted by atomic mass is 32.2. The molecule has 0 aromatic carbocycles. The number of nitrogens with one attached hydrogen (secondary N) is 1. The fraction of sp³-hybridized carbons (Fsp3) is 0.778. The molecule has 0 amide bonds. The van der Waals surface area contributed by atoms with Gasteiger partial charge in [-0.25, -0.2) is 0 Å². The summed E-state index contributed by atoms with van der Waals surface area (Å²) >= 11 is 3.55. The predicted octanol–water partition coefficient (Wildman–Crippen LogP) is 3.00. The molecule has 0 saturated heterocycles. The second-order valence-electron chi connectivity index (χ2n) is 3.84. The minimum atomic E-state index is 0.435. The maximum Gasteiger partial charge on any atom is 0.206 e. The Morgan fingerprint density at radius 2 is 2.21 bits per heavy atom. The summed E-state index contributed by atoms with van der Waals surface area (Å²) in [5.74, 6) is 0. The zero-order chi connectivity index (χ0) is 9.97. The van der Waals surface area contributed by atoms with E-state index in [1.165, 1.54) is 19.3 Å². The molecule has 1 N–H and O–H groups in total. The van der Waals surface area contributed by atoms with Crippen LogP contribution in [0.4, 0.5) is 5.13 Å². The van der Waals surface area contributed by atoms with Crippen LogP contribution >= 0.6 is 23.1 Å². The monoisotopic (exact) mass is 229 g/mol. The number of aromatic nitrogens is 2. The smallest absolute Gasteiger partial charge is 0.206 e. The molecule has 3 nitrogen and oxygen atoms in total. The third kappa shape index (κ3) is 2.60. The van der Waals surface area contributed by atoms with Crippen LogP contribution in [-0.2, 0) is 0 Å². The van der Waals surface area contributed by atoms with Crippen molar-refractivity contribution in [1.29, 1.82) is 0 Å². The number of nitrogens with zero attached hydrogens (tertiary/aromatic N) is 2. The lowest BCUT2D eigenvalue weighted by Crippen LogP contribution is -2.12. The van der Waals surface area contributed by atoms with Gasteiger partial charge in [-0.15, -0.1) is 10.2 Å². The van der Waals surface area contributed by atoms with E-state index in [0.717, 1.165) is 14.7 Å². The van der Waals surface area contributed by atoms with Crippen molar-refractivity contribution in [3.8, 4) is 0 Å². The molecule has 78 valence electrons. The maximum absolute atomic E-state index is 4.16. The molecule has 5 heteroatoms. The fourth-order valence-corrected chi connectivity index (χ4v) is 3.60. The average Bonchev–Trinajstić information content (AvgIpc) is 2.44. The van der Waals surface area contributed by atoms with Crippen molar-refractivity contribution >= 4 is 28.2 Å². The van der Waals surface area contributed by atoms with Gasteiger partial charge in [-0.2, -0.15) is 0 Å². The van der Waals surface area contributed by atoms with Gasteiger partial charge < -0.3 is 5.32 Å². The minimum Gasteiger partial charge on any atom is -0.358 e. The quantitative estimate of drug-likeness (QED) is 0.861. The highest BCUT2D eigenvalue weighted by Crippen LogP contribution is 2.38. The van der Waals surface area contributed by atoms with Gasteiger partial charge in [0.15, 0.2) is 4.34 Å². The Hall–Kier alpha value is -0.290. The first kappa shape index (κ1) is 10.2. The molecule has 0 atom stereocenters. The Bertz CT molecular complexity index is 294. The Morgan fingerprint density at radius 1 is 1.43 bits per heavy atom. The van der Waals surface area contributed by atoms with Gasteiger partial charge >= 0.3 is 0 Å². The normalized spacial score (nSPS) is 17.1. The van der Waals surface area contributed by atoms with E-state index in [9.17, 15) is 0 Å². The van der Waals surface area contributed by atoms with Gasteiger partial charge in [0.05, 0.1) is 0 Å². The predicted molar refractivity (Wildman–Crippen MR) is 62.2 cm³/mol. The molecule has 0 unspecified atom stereocenters. The summed E-state index contributed by atoms with van der Waals surface area (Å²) in [7, 11) is 0. The van der Waals surface area contributed by atoms with Gasteiger partial charge in [-0.05, 0) is 26.7 Å². The third-order valence-corrected chi connectivity index (χ3v) is 4.41. The molecule has 1 aromatic rings. The Balaban J connectivity index is 1.88. The molecule has 0 spiro atoms.